The number of benzene rings is 2. The molecule has 2 aliphatic heterocycles. The van der Waals surface area contributed by atoms with Gasteiger partial charge in [-0.25, -0.2) is 9.79 Å². The lowest BCUT2D eigenvalue weighted by molar-refractivity contribution is -0.139. The van der Waals surface area contributed by atoms with E-state index in [-0.39, 0.29) is 17.9 Å². The quantitative estimate of drug-likeness (QED) is 0.597. The van der Waals surface area contributed by atoms with E-state index in [0.717, 1.165) is 35.9 Å². The molecule has 0 radical (unpaired) electrons. The van der Waals surface area contributed by atoms with E-state index in [2.05, 4.69) is 17.1 Å². The van der Waals surface area contributed by atoms with E-state index in [1.54, 1.807) is 11.8 Å². The number of esters is 1. The molecule has 1 amide bonds. The van der Waals surface area contributed by atoms with Gasteiger partial charge in [0.25, 0.3) is 5.91 Å². The highest BCUT2D eigenvalue weighted by Crippen LogP contribution is 2.40. The molecular weight excluding hydrogens is 434 g/mol. The molecule has 0 aromatic heterocycles. The highest BCUT2D eigenvalue weighted by Gasteiger charge is 2.37. The number of nitrogens with one attached hydrogen (secondary N) is 1. The van der Waals surface area contributed by atoms with Crippen molar-refractivity contribution in [2.45, 2.75) is 39.7 Å². The van der Waals surface area contributed by atoms with Crippen LogP contribution in [0.15, 0.2) is 64.8 Å². The van der Waals surface area contributed by atoms with Gasteiger partial charge in [-0.2, -0.15) is 0 Å². The Morgan fingerprint density at radius 1 is 1.12 bits per heavy atom. The molecule has 172 valence electrons. The number of aryl methyl sites for hydroxylation is 1. The van der Waals surface area contributed by atoms with Crippen molar-refractivity contribution >= 4 is 34.5 Å². The Hall–Kier alpha value is -3.06. The first-order chi connectivity index (χ1) is 16.0. The smallest absolute Gasteiger partial charge is 0.338 e. The Balaban J connectivity index is 1.58. The van der Waals surface area contributed by atoms with Crippen LogP contribution in [0.2, 0.25) is 0 Å². The summed E-state index contributed by atoms with van der Waals surface area (Å²) in [4.78, 5) is 32.4. The summed E-state index contributed by atoms with van der Waals surface area (Å²) in [5.41, 5.74) is 4.78. The Morgan fingerprint density at radius 3 is 2.52 bits per heavy atom. The summed E-state index contributed by atoms with van der Waals surface area (Å²) in [6, 6.07) is 15.1. The minimum absolute atomic E-state index is 0.145. The molecule has 4 rings (SSSR count). The summed E-state index contributed by atoms with van der Waals surface area (Å²) >= 11 is 1.72. The van der Waals surface area contributed by atoms with E-state index in [1.165, 1.54) is 5.56 Å². The predicted molar refractivity (Wildman–Crippen MR) is 134 cm³/mol. The van der Waals surface area contributed by atoms with E-state index in [0.29, 0.717) is 29.1 Å². The SMILES string of the molecule is CCOC(=O)C1=C(C)N=C2SCCCN2C1c1ccc(NC(=O)c2ccc(CC)cc2)cc1. The van der Waals surface area contributed by atoms with Gasteiger partial charge in [-0.05, 0) is 62.1 Å². The predicted octanol–water partition coefficient (Wildman–Crippen LogP) is 5.19. The van der Waals surface area contributed by atoms with Crippen molar-refractivity contribution in [3.63, 3.8) is 0 Å². The van der Waals surface area contributed by atoms with Crippen LogP contribution in [0.3, 0.4) is 0 Å². The van der Waals surface area contributed by atoms with E-state index < -0.39 is 0 Å². The lowest BCUT2D eigenvalue weighted by Gasteiger charge is -2.40. The van der Waals surface area contributed by atoms with Gasteiger partial charge in [0.1, 0.15) is 0 Å². The molecule has 2 aromatic carbocycles. The molecule has 1 fully saturated rings. The van der Waals surface area contributed by atoms with Crippen molar-refractivity contribution < 1.29 is 14.3 Å². The number of amides is 1. The zero-order valence-corrected chi connectivity index (χ0v) is 20.1. The van der Waals surface area contributed by atoms with Gasteiger partial charge in [0.15, 0.2) is 5.17 Å². The second kappa shape index (κ2) is 10.3. The Bertz CT molecular complexity index is 1090. The van der Waals surface area contributed by atoms with Crippen LogP contribution >= 0.6 is 11.8 Å². The van der Waals surface area contributed by atoms with Gasteiger partial charge in [-0.3, -0.25) is 4.79 Å². The maximum absolute atomic E-state index is 12.8. The number of thioether (sulfide) groups is 1. The van der Waals surface area contributed by atoms with Crippen LogP contribution in [-0.4, -0.2) is 40.8 Å². The molecule has 1 N–H and O–H groups in total. The fourth-order valence-electron chi connectivity index (χ4n) is 4.13. The van der Waals surface area contributed by atoms with Crippen molar-refractivity contribution in [2.24, 2.45) is 4.99 Å². The second-order valence-corrected chi connectivity index (χ2v) is 9.10. The standard InChI is InChI=1S/C26H29N3O3S/c1-4-18-7-9-20(10-8-18)24(30)28-21-13-11-19(12-14-21)23-22(25(31)32-5-2)17(3)27-26-29(23)15-6-16-33-26/h7-14,23H,4-6,15-16H2,1-3H3,(H,28,30). The summed E-state index contributed by atoms with van der Waals surface area (Å²) in [5, 5.41) is 3.91. The Kier molecular flexibility index (Phi) is 7.18. The average Bonchev–Trinajstić information content (AvgIpc) is 2.84. The third kappa shape index (κ3) is 4.98. The number of allylic oxidation sites excluding steroid dienone is 1. The van der Waals surface area contributed by atoms with Crippen molar-refractivity contribution in [1.29, 1.82) is 0 Å². The van der Waals surface area contributed by atoms with Crippen LogP contribution in [0.5, 0.6) is 0 Å². The number of anilines is 1. The molecule has 33 heavy (non-hydrogen) atoms. The van der Waals surface area contributed by atoms with Crippen molar-refractivity contribution in [3.05, 3.63) is 76.5 Å². The van der Waals surface area contributed by atoms with Gasteiger partial charge < -0.3 is 15.0 Å². The largest absolute Gasteiger partial charge is 0.463 e. The van der Waals surface area contributed by atoms with Crippen LogP contribution < -0.4 is 5.32 Å². The maximum Gasteiger partial charge on any atom is 0.338 e. The lowest BCUT2D eigenvalue weighted by Crippen LogP contribution is -2.42. The summed E-state index contributed by atoms with van der Waals surface area (Å²) < 4.78 is 5.37. The topological polar surface area (TPSA) is 71.0 Å². The molecule has 0 saturated carbocycles. The number of hydrogen-bond acceptors (Lipinski definition) is 6. The molecule has 0 aliphatic carbocycles. The molecular formula is C26H29N3O3S. The van der Waals surface area contributed by atoms with E-state index >= 15 is 0 Å². The van der Waals surface area contributed by atoms with E-state index in [1.807, 2.05) is 62.4 Å². The minimum atomic E-state index is -0.328. The van der Waals surface area contributed by atoms with Crippen LogP contribution in [0.1, 0.15) is 54.7 Å². The number of nitrogens with zero attached hydrogens (tertiary/aromatic N) is 2. The average molecular weight is 464 g/mol. The fourth-order valence-corrected chi connectivity index (χ4v) is 5.15. The van der Waals surface area contributed by atoms with Gasteiger partial charge in [-0.15, -0.1) is 0 Å². The van der Waals surface area contributed by atoms with Crippen LogP contribution in [0.25, 0.3) is 0 Å². The first-order valence-corrected chi connectivity index (χ1v) is 12.4. The maximum atomic E-state index is 12.8. The number of ether oxygens (including phenoxy) is 1. The first-order valence-electron chi connectivity index (χ1n) is 11.4. The van der Waals surface area contributed by atoms with Crippen LogP contribution in [0, 0.1) is 0 Å². The third-order valence-corrected chi connectivity index (χ3v) is 6.94. The van der Waals surface area contributed by atoms with Gasteiger partial charge in [0.2, 0.25) is 0 Å². The summed E-state index contributed by atoms with van der Waals surface area (Å²) in [7, 11) is 0. The molecule has 1 saturated heterocycles. The van der Waals surface area contributed by atoms with Gasteiger partial charge in [-0.1, -0.05) is 43.0 Å². The lowest BCUT2D eigenvalue weighted by atomic mass is 9.94. The number of rotatable bonds is 6. The van der Waals surface area contributed by atoms with Gasteiger partial charge in [0.05, 0.1) is 23.9 Å². The molecule has 2 aliphatic rings. The molecule has 0 spiro atoms. The van der Waals surface area contributed by atoms with Crippen LogP contribution in [0.4, 0.5) is 5.69 Å². The van der Waals surface area contributed by atoms with Gasteiger partial charge >= 0.3 is 5.97 Å². The van der Waals surface area contributed by atoms with E-state index in [9.17, 15) is 9.59 Å². The summed E-state index contributed by atoms with van der Waals surface area (Å²) in [6.45, 7) is 6.92. The highest BCUT2D eigenvalue weighted by molar-refractivity contribution is 8.13. The van der Waals surface area contributed by atoms with Gasteiger partial charge in [0, 0.05) is 23.5 Å². The highest BCUT2D eigenvalue weighted by atomic mass is 32.2. The minimum Gasteiger partial charge on any atom is -0.463 e. The molecule has 6 nitrogen and oxygen atoms in total. The second-order valence-electron chi connectivity index (χ2n) is 8.04. The monoisotopic (exact) mass is 463 g/mol. The molecule has 2 heterocycles. The van der Waals surface area contributed by atoms with Crippen molar-refractivity contribution in [2.75, 3.05) is 24.2 Å². The third-order valence-electron chi connectivity index (χ3n) is 5.86. The summed E-state index contributed by atoms with van der Waals surface area (Å²) in [5.74, 6) is 0.549. The number of carbonyl (C=O) groups excluding carboxylic acids is 2. The molecule has 7 heteroatoms. The number of aliphatic imine (C=N–C) groups is 1. The molecule has 0 bridgehead atoms. The number of carbonyl (C=O) groups is 2. The Labute approximate surface area is 199 Å². The normalized spacial score (nSPS) is 17.8. The molecule has 1 unspecified atom stereocenters. The molecule has 2 aromatic rings. The zero-order valence-electron chi connectivity index (χ0n) is 19.3. The van der Waals surface area contributed by atoms with Crippen LogP contribution in [-0.2, 0) is 16.0 Å². The van der Waals surface area contributed by atoms with Crippen molar-refractivity contribution in [3.8, 4) is 0 Å². The van der Waals surface area contributed by atoms with E-state index in [4.69, 9.17) is 9.73 Å². The number of hydrogen-bond donors (Lipinski definition) is 1. The molecule has 1 atom stereocenters. The first kappa shape index (κ1) is 23.1. The number of fused-ring (bicyclic) bond motifs is 1. The van der Waals surface area contributed by atoms with Crippen molar-refractivity contribution in [1.82, 2.24) is 4.90 Å². The zero-order chi connectivity index (χ0) is 23.4. The number of amidine groups is 1. The fraction of sp³-hybridized carbons (Fsp3) is 0.346. The summed E-state index contributed by atoms with van der Waals surface area (Å²) in [6.07, 6.45) is 1.97. The Morgan fingerprint density at radius 2 is 1.85 bits per heavy atom.